The number of aromatic hydroxyl groups is 1. The van der Waals surface area contributed by atoms with E-state index >= 15 is 0 Å². The lowest BCUT2D eigenvalue weighted by atomic mass is 10.0. The van der Waals surface area contributed by atoms with Crippen LogP contribution >= 0.6 is 11.6 Å². The second kappa shape index (κ2) is 5.79. The lowest BCUT2D eigenvalue weighted by molar-refractivity contribution is -0.118. The van der Waals surface area contributed by atoms with Gasteiger partial charge in [0.05, 0.1) is 0 Å². The Labute approximate surface area is 120 Å². The Morgan fingerprint density at radius 2 is 2.05 bits per heavy atom. The number of primary amides is 1. The van der Waals surface area contributed by atoms with E-state index in [1.54, 1.807) is 24.3 Å². The number of rotatable bonds is 4. The summed E-state index contributed by atoms with van der Waals surface area (Å²) in [5.74, 6) is -1.53. The Bertz CT molecular complexity index is 649. The van der Waals surface area contributed by atoms with Crippen molar-refractivity contribution >= 4 is 23.2 Å². The summed E-state index contributed by atoms with van der Waals surface area (Å²) in [5, 5.41) is 13.0. The molecule has 0 fully saturated rings. The van der Waals surface area contributed by atoms with Gasteiger partial charge in [0.2, 0.25) is 5.91 Å². The van der Waals surface area contributed by atoms with Gasteiger partial charge >= 0.3 is 0 Å². The van der Waals surface area contributed by atoms with Crippen molar-refractivity contribution in [2.75, 3.05) is 5.32 Å². The molecule has 0 aliphatic carbocycles. The Morgan fingerprint density at radius 1 is 1.30 bits per heavy atom. The number of carbonyl (C=O) groups excluding carboxylic acids is 1. The highest BCUT2D eigenvalue weighted by molar-refractivity contribution is 6.30. The maximum Gasteiger partial charge on any atom is 0.244 e. The smallest absolute Gasteiger partial charge is 0.244 e. The van der Waals surface area contributed by atoms with Gasteiger partial charge in [-0.3, -0.25) is 4.79 Å². The molecule has 2 rings (SSSR count). The minimum absolute atomic E-state index is 0.0671. The molecule has 0 aromatic heterocycles. The van der Waals surface area contributed by atoms with Gasteiger partial charge in [-0.05, 0) is 36.4 Å². The minimum atomic E-state index is -1.07. The zero-order chi connectivity index (χ0) is 14.7. The molecule has 0 aliphatic rings. The second-order valence-corrected chi connectivity index (χ2v) is 4.63. The number of amides is 1. The zero-order valence-corrected chi connectivity index (χ0v) is 11.1. The van der Waals surface area contributed by atoms with Crippen molar-refractivity contribution in [2.45, 2.75) is 6.04 Å². The number of halogens is 2. The molecule has 0 radical (unpaired) electrons. The summed E-state index contributed by atoms with van der Waals surface area (Å²) in [7, 11) is 0. The molecule has 1 amide bonds. The van der Waals surface area contributed by atoms with Gasteiger partial charge < -0.3 is 16.2 Å². The van der Waals surface area contributed by atoms with Crippen LogP contribution in [0.3, 0.4) is 0 Å². The van der Waals surface area contributed by atoms with E-state index in [9.17, 15) is 14.3 Å². The summed E-state index contributed by atoms with van der Waals surface area (Å²) in [6.45, 7) is 0. The van der Waals surface area contributed by atoms with Crippen LogP contribution in [-0.2, 0) is 4.79 Å². The van der Waals surface area contributed by atoms with Crippen LogP contribution in [0.4, 0.5) is 10.1 Å². The van der Waals surface area contributed by atoms with Crippen molar-refractivity contribution in [3.8, 4) is 5.75 Å². The van der Waals surface area contributed by atoms with Crippen LogP contribution in [0.1, 0.15) is 11.6 Å². The van der Waals surface area contributed by atoms with E-state index < -0.39 is 17.8 Å². The number of nitrogens with one attached hydrogen (secondary N) is 1. The maximum absolute atomic E-state index is 13.3. The Balaban J connectivity index is 2.37. The number of phenols is 1. The highest BCUT2D eigenvalue weighted by Gasteiger charge is 2.21. The Hall–Kier alpha value is -2.27. The number of phenolic OH excluding ortho intramolecular Hbond substituents is 1. The van der Waals surface area contributed by atoms with Gasteiger partial charge in [-0.2, -0.15) is 0 Å². The van der Waals surface area contributed by atoms with E-state index in [1.807, 2.05) is 0 Å². The van der Waals surface area contributed by atoms with E-state index in [1.165, 1.54) is 6.07 Å². The first kappa shape index (κ1) is 14.1. The van der Waals surface area contributed by atoms with E-state index in [0.29, 0.717) is 10.7 Å². The first-order valence-electron chi connectivity index (χ1n) is 5.77. The summed E-state index contributed by atoms with van der Waals surface area (Å²) < 4.78 is 13.3. The van der Waals surface area contributed by atoms with Crippen LogP contribution in [0.15, 0.2) is 42.5 Å². The van der Waals surface area contributed by atoms with Gasteiger partial charge in [-0.15, -0.1) is 0 Å². The third-order valence-corrected chi connectivity index (χ3v) is 2.96. The lowest BCUT2D eigenvalue weighted by Gasteiger charge is -2.18. The average molecular weight is 295 g/mol. The number of hydrogen-bond acceptors (Lipinski definition) is 3. The molecule has 0 heterocycles. The molecule has 4 nitrogen and oxygen atoms in total. The maximum atomic E-state index is 13.3. The predicted octanol–water partition coefficient (Wildman–Crippen LogP) is 2.82. The number of nitrogens with two attached hydrogens (primary N) is 1. The summed E-state index contributed by atoms with van der Waals surface area (Å²) in [5.41, 5.74) is 5.91. The van der Waals surface area contributed by atoms with E-state index in [2.05, 4.69) is 5.32 Å². The van der Waals surface area contributed by atoms with E-state index in [-0.39, 0.29) is 11.3 Å². The van der Waals surface area contributed by atoms with Crippen molar-refractivity contribution < 1.29 is 14.3 Å². The molecule has 0 saturated carbocycles. The van der Waals surface area contributed by atoms with Crippen molar-refractivity contribution in [2.24, 2.45) is 5.73 Å². The molecule has 0 bridgehead atoms. The summed E-state index contributed by atoms with van der Waals surface area (Å²) in [6, 6.07) is 8.88. The summed E-state index contributed by atoms with van der Waals surface area (Å²) in [6.07, 6.45) is 0. The van der Waals surface area contributed by atoms with Gasteiger partial charge in [0.25, 0.3) is 0 Å². The molecular weight excluding hydrogens is 283 g/mol. The SMILES string of the molecule is NC(=O)C(Nc1cccc(Cl)c1)c1cc(F)ccc1O. The summed E-state index contributed by atoms with van der Waals surface area (Å²) >= 11 is 5.84. The van der Waals surface area contributed by atoms with Crippen LogP contribution in [-0.4, -0.2) is 11.0 Å². The number of carbonyl (C=O) groups is 1. The molecule has 0 saturated heterocycles. The monoisotopic (exact) mass is 294 g/mol. The van der Waals surface area contributed by atoms with Crippen molar-refractivity contribution in [1.29, 1.82) is 0 Å². The molecule has 104 valence electrons. The van der Waals surface area contributed by atoms with Gasteiger partial charge in [0.1, 0.15) is 17.6 Å². The third-order valence-electron chi connectivity index (χ3n) is 2.72. The van der Waals surface area contributed by atoms with Gasteiger partial charge in [-0.25, -0.2) is 4.39 Å². The number of anilines is 1. The number of hydrogen-bond donors (Lipinski definition) is 3. The van der Waals surface area contributed by atoms with Crippen LogP contribution in [0.25, 0.3) is 0 Å². The zero-order valence-electron chi connectivity index (χ0n) is 10.3. The van der Waals surface area contributed by atoms with Gasteiger partial charge in [-0.1, -0.05) is 17.7 Å². The Morgan fingerprint density at radius 3 is 2.70 bits per heavy atom. The first-order valence-corrected chi connectivity index (χ1v) is 6.15. The van der Waals surface area contributed by atoms with E-state index in [4.69, 9.17) is 17.3 Å². The molecule has 20 heavy (non-hydrogen) atoms. The standard InChI is InChI=1S/C14H12ClFN2O2/c15-8-2-1-3-10(6-8)18-13(14(17)20)11-7-9(16)4-5-12(11)19/h1-7,13,18-19H,(H2,17,20). The number of benzene rings is 2. The molecule has 6 heteroatoms. The van der Waals surface area contributed by atoms with Crippen LogP contribution in [0, 0.1) is 5.82 Å². The average Bonchev–Trinajstić information content (AvgIpc) is 2.39. The van der Waals surface area contributed by atoms with E-state index in [0.717, 1.165) is 12.1 Å². The lowest BCUT2D eigenvalue weighted by Crippen LogP contribution is -2.27. The molecule has 2 aromatic carbocycles. The molecular formula is C14H12ClFN2O2. The molecule has 2 aromatic rings. The quantitative estimate of drug-likeness (QED) is 0.811. The first-order chi connectivity index (χ1) is 9.47. The highest BCUT2D eigenvalue weighted by atomic mass is 35.5. The van der Waals surface area contributed by atoms with Gasteiger partial charge in [0, 0.05) is 16.3 Å². The topological polar surface area (TPSA) is 75.4 Å². The Kier molecular flexibility index (Phi) is 4.10. The minimum Gasteiger partial charge on any atom is -0.508 e. The largest absolute Gasteiger partial charge is 0.508 e. The fraction of sp³-hybridized carbons (Fsp3) is 0.0714. The highest BCUT2D eigenvalue weighted by Crippen LogP contribution is 2.28. The molecule has 1 unspecified atom stereocenters. The molecule has 4 N–H and O–H groups in total. The molecule has 0 aliphatic heterocycles. The van der Waals surface area contributed by atoms with Crippen molar-refractivity contribution in [3.63, 3.8) is 0 Å². The predicted molar refractivity (Wildman–Crippen MR) is 75.1 cm³/mol. The van der Waals surface area contributed by atoms with Crippen LogP contribution in [0.5, 0.6) is 5.75 Å². The molecule has 0 spiro atoms. The fourth-order valence-electron chi connectivity index (χ4n) is 1.80. The van der Waals surface area contributed by atoms with Crippen molar-refractivity contribution in [1.82, 2.24) is 0 Å². The fourth-order valence-corrected chi connectivity index (χ4v) is 1.99. The third kappa shape index (κ3) is 3.19. The second-order valence-electron chi connectivity index (χ2n) is 4.19. The normalized spacial score (nSPS) is 11.9. The summed E-state index contributed by atoms with van der Waals surface area (Å²) in [4.78, 5) is 11.5. The molecule has 1 atom stereocenters. The van der Waals surface area contributed by atoms with Gasteiger partial charge in [0.15, 0.2) is 0 Å². The van der Waals surface area contributed by atoms with Crippen LogP contribution < -0.4 is 11.1 Å². The van der Waals surface area contributed by atoms with Crippen LogP contribution in [0.2, 0.25) is 5.02 Å². The van der Waals surface area contributed by atoms with Crippen molar-refractivity contribution in [3.05, 3.63) is 58.9 Å².